The van der Waals surface area contributed by atoms with Crippen LogP contribution in [0.25, 0.3) is 0 Å². The molecule has 0 N–H and O–H groups in total. The van der Waals surface area contributed by atoms with Crippen molar-refractivity contribution in [1.29, 1.82) is 0 Å². The van der Waals surface area contributed by atoms with E-state index in [4.69, 9.17) is 0 Å². The number of halogens is 1. The minimum atomic E-state index is -0.0641. The first-order chi connectivity index (χ1) is 2.81. The smallest absolute Gasteiger partial charge is 0.147 e. The Hall–Kier alpha value is 0.630. The van der Waals surface area contributed by atoms with E-state index in [1.165, 1.54) is 0 Å². The molecule has 0 spiro atoms. The normalized spacial score (nSPS) is 6.43. The molecule has 0 bridgehead atoms. The summed E-state index contributed by atoms with van der Waals surface area (Å²) in [6.45, 7) is 1.79. The molecular weight excluding hydrogens is 214 g/mol. The van der Waals surface area contributed by atoms with Crippen LogP contribution in [0.2, 0.25) is 0 Å². The summed E-state index contributed by atoms with van der Waals surface area (Å²) in [6.07, 6.45) is 0.521. The van der Waals surface area contributed by atoms with Gasteiger partial charge in [-0.2, -0.15) is 0 Å². The van der Waals surface area contributed by atoms with E-state index in [0.29, 0.717) is 6.42 Å². The van der Waals surface area contributed by atoms with Gasteiger partial charge in [-0.25, -0.2) is 0 Å². The quantitative estimate of drug-likeness (QED) is 0.620. The molecule has 0 aliphatic carbocycles. The first kappa shape index (κ1) is 10.6. The molecule has 0 radical (unpaired) electrons. The maximum Gasteiger partial charge on any atom is -0.147 e. The third-order valence-corrected chi connectivity index (χ3v) is 1.82. The van der Waals surface area contributed by atoms with Gasteiger partial charge in [-0.15, -0.1) is 12.4 Å². The molecule has 0 rings (SSSR count). The molecule has 0 amide bonds. The van der Waals surface area contributed by atoms with E-state index in [1.807, 2.05) is 0 Å². The van der Waals surface area contributed by atoms with Crippen LogP contribution in [-0.4, -0.2) is 30.8 Å². The van der Waals surface area contributed by atoms with Gasteiger partial charge in [-0.05, 0) is 0 Å². The number of hydrogen-bond acceptors (Lipinski definition) is 2. The van der Waals surface area contributed by atoms with Gasteiger partial charge >= 0.3 is 51.8 Å². The van der Waals surface area contributed by atoms with E-state index in [0.717, 1.165) is 0 Å². The first-order valence-electron chi connectivity index (χ1n) is 1.88. The van der Waals surface area contributed by atoms with E-state index in [-0.39, 0.29) is 43.2 Å². The molecule has 0 aliphatic heterocycles. The molecule has 0 saturated heterocycles. The van der Waals surface area contributed by atoms with Crippen LogP contribution in [0.5, 0.6) is 0 Å². The number of hydrogen-bond donors (Lipinski definition) is 0. The molecule has 0 fully saturated rings. The van der Waals surface area contributed by atoms with Crippen LogP contribution in [0.15, 0.2) is 0 Å². The van der Waals surface area contributed by atoms with Gasteiger partial charge in [0, 0.05) is 0 Å². The van der Waals surface area contributed by atoms with Gasteiger partial charge in [0.15, 0.2) is 0 Å². The molecule has 0 unspecified atom stereocenters. The van der Waals surface area contributed by atoms with Crippen molar-refractivity contribution in [2.24, 2.45) is 0 Å². The molecule has 0 saturated carbocycles. The fraction of sp³-hybridized carbons (Fsp3) is 0.667. The van der Waals surface area contributed by atoms with Crippen molar-refractivity contribution in [3.05, 3.63) is 0 Å². The minimum Gasteiger partial charge on any atom is -0.147 e. The van der Waals surface area contributed by atoms with Crippen LogP contribution in [0.1, 0.15) is 13.3 Å². The largest absolute Gasteiger partial charge is 0.147 e. The maximum absolute atomic E-state index is 10.0. The van der Waals surface area contributed by atoms with Gasteiger partial charge in [0.05, 0.1) is 0 Å². The zero-order chi connectivity index (χ0) is 4.99. The molecule has 4 heteroatoms. The second kappa shape index (κ2) is 6.63. The van der Waals surface area contributed by atoms with Gasteiger partial charge in [0.1, 0.15) is 0 Å². The maximum atomic E-state index is 10.0. The molecule has 0 aliphatic rings. The Morgan fingerprint density at radius 1 is 1.86 bits per heavy atom. The van der Waals surface area contributed by atoms with Crippen LogP contribution in [-0.2, 0) is 7.65 Å². The van der Waals surface area contributed by atoms with Crippen molar-refractivity contribution in [2.75, 3.05) is 0 Å². The third kappa shape index (κ3) is 6.63. The monoisotopic (exact) mass is 222 g/mol. The van der Waals surface area contributed by atoms with Gasteiger partial charge in [-0.1, -0.05) is 0 Å². The van der Waals surface area contributed by atoms with Crippen LogP contribution in [0.3, 0.4) is 0 Å². The predicted molar refractivity (Wildman–Crippen MR) is 32.2 cm³/mol. The Bertz CT molecular complexity index is 50.9. The van der Waals surface area contributed by atoms with Crippen LogP contribution in [0.4, 0.5) is 0 Å². The molecular formula is C3H8ClInO2. The van der Waals surface area contributed by atoms with Crippen molar-refractivity contribution < 1.29 is 7.65 Å². The summed E-state index contributed by atoms with van der Waals surface area (Å²) in [7, 11) is 0. The molecule has 0 atom stereocenters. The summed E-state index contributed by atoms with van der Waals surface area (Å²) < 4.78 is 4.47. The fourth-order valence-electron chi connectivity index (χ4n) is 0.144. The average molecular weight is 222 g/mol. The summed E-state index contributed by atoms with van der Waals surface area (Å²) in [4.78, 5) is 10.0. The van der Waals surface area contributed by atoms with Gasteiger partial charge < -0.3 is 0 Å². The number of carbonyl (C=O) groups excluding carboxylic acids is 1. The van der Waals surface area contributed by atoms with Gasteiger partial charge in [0.2, 0.25) is 0 Å². The summed E-state index contributed by atoms with van der Waals surface area (Å²) >= 11 is 0.0989. The van der Waals surface area contributed by atoms with E-state index in [9.17, 15) is 4.79 Å². The summed E-state index contributed by atoms with van der Waals surface area (Å²) in [5, 5.41) is 0. The SMILES string of the molecule is CCC(=O)[O][111InH2].Cl. The Labute approximate surface area is 64.2 Å². The molecule has 0 aromatic rings. The Morgan fingerprint density at radius 3 is 2.29 bits per heavy atom. The molecule has 0 aromatic carbocycles. The first-order valence-corrected chi connectivity index (χ1v) is 4.21. The van der Waals surface area contributed by atoms with Gasteiger partial charge in [0.25, 0.3) is 0 Å². The Morgan fingerprint density at radius 2 is 2.29 bits per heavy atom. The molecule has 2 nitrogen and oxygen atoms in total. The standard InChI is InChI=1S/C3H6O2.ClH.In.2H/c1-2-3(4)5;;;;/h2H2,1H3,(H,4,5);1H;;;/q;;+1;;/p-1/i;;1-4;;. The van der Waals surface area contributed by atoms with Crippen LogP contribution < -0.4 is 0 Å². The number of rotatable bonds is 1. The molecule has 42 valence electrons. The number of carbonyl (C=O) groups is 1. The second-order valence-corrected chi connectivity index (χ2v) is 2.09. The van der Waals surface area contributed by atoms with E-state index in [2.05, 4.69) is 2.85 Å². The molecule has 7 heavy (non-hydrogen) atoms. The Kier molecular flexibility index (Phi) is 10.0. The fourth-order valence-corrected chi connectivity index (χ4v) is 0.968. The van der Waals surface area contributed by atoms with Crippen LogP contribution in [0, 0.1) is 0 Å². The minimum absolute atomic E-state index is 0. The second-order valence-electron chi connectivity index (χ2n) is 0.930. The Balaban J connectivity index is 0. The third-order valence-electron chi connectivity index (χ3n) is 0.516. The predicted octanol–water partition coefficient (Wildman–Crippen LogP) is -0.0905. The zero-order valence-corrected chi connectivity index (χ0v) is 11.0. The average Bonchev–Trinajstić information content (AvgIpc) is 1.65. The van der Waals surface area contributed by atoms with Gasteiger partial charge in [-0.3, -0.25) is 0 Å². The summed E-state index contributed by atoms with van der Waals surface area (Å²) in [5.74, 6) is -0.0641. The van der Waals surface area contributed by atoms with Crippen molar-refractivity contribution in [1.82, 2.24) is 0 Å². The molecule has 0 aromatic heterocycles. The van der Waals surface area contributed by atoms with Crippen molar-refractivity contribution in [2.45, 2.75) is 13.3 Å². The zero-order valence-electron chi connectivity index (χ0n) is 4.43. The summed E-state index contributed by atoms with van der Waals surface area (Å²) in [6, 6.07) is 0. The topological polar surface area (TPSA) is 26.3 Å². The van der Waals surface area contributed by atoms with E-state index >= 15 is 0 Å². The van der Waals surface area contributed by atoms with Crippen molar-refractivity contribution in [3.8, 4) is 0 Å². The van der Waals surface area contributed by atoms with E-state index < -0.39 is 0 Å². The molecule has 0 heterocycles. The van der Waals surface area contributed by atoms with Crippen molar-refractivity contribution >= 4 is 43.2 Å². The van der Waals surface area contributed by atoms with Crippen LogP contribution >= 0.6 is 12.4 Å². The van der Waals surface area contributed by atoms with Crippen molar-refractivity contribution in [3.63, 3.8) is 0 Å². The van der Waals surface area contributed by atoms with E-state index in [1.54, 1.807) is 6.92 Å². The summed E-state index contributed by atoms with van der Waals surface area (Å²) in [5.41, 5.74) is 0.